The number of ether oxygens (including phenoxy) is 2. The van der Waals surface area contributed by atoms with E-state index in [-0.39, 0.29) is 119 Å². The van der Waals surface area contributed by atoms with Crippen LogP contribution in [0.15, 0.2) is 42.7 Å². The molecule has 460 valence electrons. The summed E-state index contributed by atoms with van der Waals surface area (Å²) in [5, 5.41) is 19.6. The number of carbonyl (C=O) groups is 6. The number of nitrogens with one attached hydrogen (secondary N) is 6. The smallest absolute Gasteiger partial charge is 0.378 e. The molecule has 20 nitrogen and oxygen atoms in total. The minimum absolute atomic E-state index is 0.00313. The van der Waals surface area contributed by atoms with E-state index in [0.29, 0.717) is 96.4 Å². The summed E-state index contributed by atoms with van der Waals surface area (Å²) in [6.45, 7) is 11.1. The molecule has 6 fully saturated rings. The van der Waals surface area contributed by atoms with E-state index >= 15 is 0 Å². The number of aromatic nitrogens is 3. The predicted octanol–water partition coefficient (Wildman–Crippen LogP) is 6.66. The fourth-order valence-electron chi connectivity index (χ4n) is 13.6. The van der Waals surface area contributed by atoms with Crippen LogP contribution in [0.3, 0.4) is 0 Å². The Hall–Kier alpha value is -6.20. The van der Waals surface area contributed by atoms with E-state index in [0.717, 1.165) is 75.5 Å². The monoisotopic (exact) mass is 1170 g/mol. The minimum atomic E-state index is -4.60. The molecular weight excluding hydrogens is 1090 g/mol. The number of alkyl halides is 3. The first-order valence-corrected chi connectivity index (χ1v) is 30.6. The van der Waals surface area contributed by atoms with Crippen LogP contribution in [0.25, 0.3) is 10.9 Å². The number of piperidine rings is 1. The lowest BCUT2D eigenvalue weighted by Crippen LogP contribution is -2.59. The molecule has 23 heteroatoms. The molecule has 6 aliphatic rings. The van der Waals surface area contributed by atoms with Crippen LogP contribution < -0.4 is 31.9 Å². The maximum atomic E-state index is 14.2. The third-order valence-corrected chi connectivity index (χ3v) is 18.0. The minimum Gasteiger partial charge on any atom is -0.378 e. The number of rotatable bonds is 21. The predicted molar refractivity (Wildman–Crippen MR) is 310 cm³/mol. The van der Waals surface area contributed by atoms with Crippen LogP contribution in [0.2, 0.25) is 0 Å². The van der Waals surface area contributed by atoms with Crippen molar-refractivity contribution in [1.29, 1.82) is 0 Å². The average Bonchev–Trinajstić information content (AvgIpc) is 3.22. The third-order valence-electron chi connectivity index (χ3n) is 18.0. The molecule has 6 atom stereocenters. The van der Waals surface area contributed by atoms with E-state index in [4.69, 9.17) is 9.47 Å². The Morgan fingerprint density at radius 1 is 0.810 bits per heavy atom. The Bertz CT molecular complexity index is 2760. The lowest BCUT2D eigenvalue weighted by molar-refractivity contribution is -0.138. The van der Waals surface area contributed by atoms with Crippen molar-refractivity contribution in [3.05, 3.63) is 53.9 Å². The zero-order valence-electron chi connectivity index (χ0n) is 49.4. The number of fused-ring (bicyclic) bond motifs is 1. The number of pyridine rings is 1. The normalized spacial score (nSPS) is 27.2. The van der Waals surface area contributed by atoms with Gasteiger partial charge in [-0.1, -0.05) is 6.07 Å². The molecule has 3 aromatic rings. The molecule has 0 unspecified atom stereocenters. The highest BCUT2D eigenvalue weighted by molar-refractivity contribution is 5.94. The first kappa shape index (κ1) is 62.3. The summed E-state index contributed by atoms with van der Waals surface area (Å²) in [5.41, 5.74) is 0.162. The van der Waals surface area contributed by atoms with Gasteiger partial charge >= 0.3 is 6.18 Å². The molecule has 2 aromatic heterocycles. The largest absolute Gasteiger partial charge is 0.416 e. The molecule has 84 heavy (non-hydrogen) atoms. The third kappa shape index (κ3) is 16.4. The van der Waals surface area contributed by atoms with Gasteiger partial charge in [0, 0.05) is 107 Å². The van der Waals surface area contributed by atoms with Crippen molar-refractivity contribution in [2.45, 2.75) is 197 Å². The van der Waals surface area contributed by atoms with Crippen molar-refractivity contribution in [1.82, 2.24) is 50.9 Å². The highest BCUT2D eigenvalue weighted by Gasteiger charge is 2.45. The molecule has 3 aliphatic heterocycles. The molecule has 3 saturated carbocycles. The Morgan fingerprint density at radius 3 is 2.20 bits per heavy atom. The first-order valence-electron chi connectivity index (χ1n) is 30.6. The van der Waals surface area contributed by atoms with Gasteiger partial charge in [0.2, 0.25) is 41.4 Å². The number of hydrogen-bond donors (Lipinski definition) is 6. The highest BCUT2D eigenvalue weighted by atomic mass is 19.4. The van der Waals surface area contributed by atoms with Crippen molar-refractivity contribution >= 4 is 58.1 Å². The van der Waals surface area contributed by atoms with Crippen molar-refractivity contribution < 1.29 is 51.4 Å². The summed E-state index contributed by atoms with van der Waals surface area (Å²) in [5.74, 6) is -0.478. The summed E-state index contributed by atoms with van der Waals surface area (Å²) >= 11 is 0. The molecule has 0 spiro atoms. The van der Waals surface area contributed by atoms with Gasteiger partial charge in [-0.3, -0.25) is 33.8 Å². The fraction of sp³-hybridized carbons (Fsp3) is 0.689. The number of likely N-dealkylation sites (tertiary alicyclic amines) is 3. The highest BCUT2D eigenvalue weighted by Crippen LogP contribution is 2.38. The second-order valence-corrected chi connectivity index (χ2v) is 25.3. The number of nitrogens with zero attached hydrogens (tertiary/aromatic N) is 6. The maximum absolute atomic E-state index is 14.2. The number of anilines is 2. The Morgan fingerprint density at radius 2 is 1.52 bits per heavy atom. The lowest BCUT2D eigenvalue weighted by Gasteiger charge is -2.43. The molecule has 5 heterocycles. The zero-order valence-corrected chi connectivity index (χ0v) is 49.4. The van der Waals surface area contributed by atoms with Crippen molar-refractivity contribution in [3.63, 3.8) is 0 Å². The Kier molecular flexibility index (Phi) is 20.7. The van der Waals surface area contributed by atoms with E-state index in [1.165, 1.54) is 13.0 Å². The lowest BCUT2D eigenvalue weighted by atomic mass is 9.84. The van der Waals surface area contributed by atoms with E-state index in [9.17, 15) is 41.9 Å². The number of halogens is 3. The average molecular weight is 1170 g/mol. The van der Waals surface area contributed by atoms with Crippen LogP contribution in [0.5, 0.6) is 0 Å². The van der Waals surface area contributed by atoms with E-state index in [2.05, 4.69) is 67.6 Å². The first-order chi connectivity index (χ1) is 40.1. The molecule has 6 amide bonds. The van der Waals surface area contributed by atoms with Gasteiger partial charge in [0.1, 0.15) is 11.9 Å². The molecule has 9 rings (SSSR count). The quantitative estimate of drug-likeness (QED) is 0.0612. The summed E-state index contributed by atoms with van der Waals surface area (Å²) < 4.78 is 54.3. The van der Waals surface area contributed by atoms with Crippen LogP contribution >= 0.6 is 0 Å². The van der Waals surface area contributed by atoms with Gasteiger partial charge < -0.3 is 56.1 Å². The van der Waals surface area contributed by atoms with Gasteiger partial charge in [0.15, 0.2) is 0 Å². The molecule has 3 aliphatic carbocycles. The van der Waals surface area contributed by atoms with Gasteiger partial charge in [-0.15, -0.1) is 0 Å². The Balaban J connectivity index is 0.654. The van der Waals surface area contributed by atoms with Gasteiger partial charge in [0.25, 0.3) is 0 Å². The van der Waals surface area contributed by atoms with Crippen LogP contribution in [-0.2, 0) is 44.4 Å². The van der Waals surface area contributed by atoms with Gasteiger partial charge in [0.05, 0.1) is 53.9 Å². The second-order valence-electron chi connectivity index (χ2n) is 25.3. The summed E-state index contributed by atoms with van der Waals surface area (Å²) in [6, 6.07) is 5.65. The summed E-state index contributed by atoms with van der Waals surface area (Å²) in [7, 11) is 1.72. The van der Waals surface area contributed by atoms with Crippen molar-refractivity contribution in [3.8, 4) is 0 Å². The van der Waals surface area contributed by atoms with Crippen molar-refractivity contribution in [2.24, 2.45) is 17.8 Å². The van der Waals surface area contributed by atoms with E-state index < -0.39 is 23.7 Å². The molecule has 3 saturated heterocycles. The van der Waals surface area contributed by atoms with E-state index in [1.807, 2.05) is 17.0 Å². The molecular formula is C61H87F3N12O8. The van der Waals surface area contributed by atoms with Crippen LogP contribution in [0.4, 0.5) is 24.9 Å². The zero-order chi connectivity index (χ0) is 59.7. The fourth-order valence-corrected chi connectivity index (χ4v) is 13.6. The van der Waals surface area contributed by atoms with Crippen LogP contribution in [0.1, 0.15) is 154 Å². The van der Waals surface area contributed by atoms with Gasteiger partial charge in [-0.25, -0.2) is 4.98 Å². The number of carbonyl (C=O) groups excluding carboxylic acids is 6. The molecule has 1 aromatic carbocycles. The molecule has 0 bridgehead atoms. The Labute approximate surface area is 491 Å². The molecule has 0 radical (unpaired) electrons. The van der Waals surface area contributed by atoms with Crippen molar-refractivity contribution in [2.75, 3.05) is 63.6 Å². The van der Waals surface area contributed by atoms with Gasteiger partial charge in [-0.05, 0) is 153 Å². The number of benzene rings is 1. The number of amides is 6. The van der Waals surface area contributed by atoms with Gasteiger partial charge in [-0.2, -0.15) is 18.2 Å². The maximum Gasteiger partial charge on any atom is 0.416 e. The van der Waals surface area contributed by atoms with Crippen LogP contribution in [-0.4, -0.2) is 166 Å². The van der Waals surface area contributed by atoms with E-state index in [1.54, 1.807) is 29.2 Å². The standard InChI is InChI=1S/C61H87F3N12O8/c1-37(77)68-50-33-43(73-60(2,3)4)15-21-51(50)76-29-24-49(58(76)82)70-55-46-32-41(61(62,63)64)12-20-48(46)71-59(72-55)67-35-38-22-27-75(28-23-38)57(81)39-10-13-42(14-11-39)69-52(78)9-7-30-83-44-16-18-45(19-17-44)84-31-26-66-56(80)47-34-53(79)74(5)54(47)40-8-6-25-65-36-40/h6,8,12,20,25,32,36,38-39,42-45,47,49-51,54,73H,7,9-11,13-19,21-24,26-31,33-35H2,1-5H3,(H,66,80)(H,68,77)(H,69,78)(H2,67,70,71,72)/t39-,42-,43-,44-,45-,47+,49+,50-,51+,54-/m1/s1. The SMILES string of the molecule is CC(=O)N[C@@H]1C[C@H](NC(C)(C)C)CC[C@@H]1N1CC[C@H](Nc2nc(NCC3CCN(C(=O)[C@H]4CC[C@H](NC(=O)CCCO[C@H]5CC[C@H](OCCNC(=O)[C@H]6CC(=O)N(C)[C@@H]6c6cccnc6)CC5)CC4)CC3)nc3ccc(C(F)(F)F)cc23)C1=O. The summed E-state index contributed by atoms with van der Waals surface area (Å²) in [4.78, 5) is 97.6. The molecule has 6 N–H and O–H groups in total. The summed E-state index contributed by atoms with van der Waals surface area (Å²) in [6.07, 6.45) is 10.5. The second kappa shape index (κ2) is 27.9. The number of hydrogen-bond acceptors (Lipinski definition) is 14. The van der Waals surface area contributed by atoms with Crippen LogP contribution in [0, 0.1) is 17.8 Å². The topological polar surface area (TPSA) is 241 Å².